The van der Waals surface area contributed by atoms with Gasteiger partial charge in [0.2, 0.25) is 0 Å². The second-order valence-electron chi connectivity index (χ2n) is 10.8. The maximum absolute atomic E-state index is 14.2. The summed E-state index contributed by atoms with van der Waals surface area (Å²) in [5.74, 6) is -0.0475. The summed E-state index contributed by atoms with van der Waals surface area (Å²) in [5.41, 5.74) is 6.39. The molecular formula is C30H34FN5O2. The number of alkyl halides is 1. The lowest BCUT2D eigenvalue weighted by molar-refractivity contribution is 0.0706. The number of nitrogens with one attached hydrogen (secondary N) is 1. The Morgan fingerprint density at radius 3 is 2.42 bits per heavy atom. The van der Waals surface area contributed by atoms with Crippen LogP contribution in [0, 0.1) is 5.92 Å². The van der Waals surface area contributed by atoms with Crippen LogP contribution < -0.4 is 5.48 Å². The lowest BCUT2D eigenvalue weighted by Crippen LogP contribution is -2.41. The molecule has 2 aromatic carbocycles. The first kappa shape index (κ1) is 26.0. The molecule has 8 heteroatoms. The molecule has 7 nitrogen and oxygen atoms in total. The van der Waals surface area contributed by atoms with Crippen LogP contribution in [0.1, 0.15) is 48.2 Å². The molecule has 3 heterocycles. The first-order valence-corrected chi connectivity index (χ1v) is 13.1. The van der Waals surface area contributed by atoms with Crippen molar-refractivity contribution in [2.45, 2.75) is 45.3 Å². The van der Waals surface area contributed by atoms with Gasteiger partial charge in [0.05, 0.1) is 5.69 Å². The smallest absolute Gasteiger partial charge is 0.274 e. The van der Waals surface area contributed by atoms with Crippen molar-refractivity contribution in [3.63, 3.8) is 0 Å². The number of aromatic nitrogens is 3. The van der Waals surface area contributed by atoms with Crippen molar-refractivity contribution in [1.82, 2.24) is 24.9 Å². The first-order chi connectivity index (χ1) is 18.3. The lowest BCUT2D eigenvalue weighted by atomic mass is 9.95. The van der Waals surface area contributed by atoms with E-state index in [0.29, 0.717) is 24.4 Å². The van der Waals surface area contributed by atoms with E-state index in [4.69, 9.17) is 5.21 Å². The van der Waals surface area contributed by atoms with E-state index in [2.05, 4.69) is 43.7 Å². The van der Waals surface area contributed by atoms with Gasteiger partial charge in [-0.15, -0.1) is 0 Å². The van der Waals surface area contributed by atoms with E-state index in [9.17, 15) is 9.18 Å². The number of rotatable bonds is 8. The Balaban J connectivity index is 1.50. The van der Waals surface area contributed by atoms with Crippen molar-refractivity contribution in [3.8, 4) is 11.3 Å². The van der Waals surface area contributed by atoms with Crippen molar-refractivity contribution >= 4 is 16.8 Å². The number of nitrogens with zero attached hydrogens (tertiary/aromatic N) is 4. The van der Waals surface area contributed by atoms with Gasteiger partial charge in [-0.3, -0.25) is 10.0 Å². The monoisotopic (exact) mass is 515 g/mol. The fraction of sp³-hybridized carbons (Fsp3) is 0.367. The molecule has 1 fully saturated rings. The maximum Gasteiger partial charge on any atom is 0.274 e. The zero-order valence-electron chi connectivity index (χ0n) is 21.9. The summed E-state index contributed by atoms with van der Waals surface area (Å²) in [6.07, 6.45) is 7.99. The number of para-hydroxylation sites is 1. The minimum absolute atomic E-state index is 0.401. The standard InChI is InChI=1S/C30H34FN5O2/c1-30(2,31)19-35-13-11-22(12-14-35)18-36-27-6-4-3-5-25(27)26(28(36)24-16-32-20-33-17-24)15-21-7-9-23(10-8-21)29(37)34-38/h3-10,16-17,20,22,38H,11-15,18-19H2,1-2H3,(H,34,37). The SMILES string of the molecule is CC(C)(F)CN1CCC(Cn2c(-c3cncnc3)c(Cc3ccc(C(=O)NO)cc3)c3ccccc32)CC1. The molecule has 38 heavy (non-hydrogen) atoms. The van der Waals surface area contributed by atoms with Gasteiger partial charge in [0, 0.05) is 53.9 Å². The van der Waals surface area contributed by atoms with Crippen LogP contribution in [-0.4, -0.2) is 55.9 Å². The molecule has 5 rings (SSSR count). The molecule has 1 saturated heterocycles. The summed E-state index contributed by atoms with van der Waals surface area (Å²) >= 11 is 0. The van der Waals surface area contributed by atoms with Gasteiger partial charge in [-0.2, -0.15) is 0 Å². The normalized spacial score (nSPS) is 15.2. The summed E-state index contributed by atoms with van der Waals surface area (Å²) in [7, 11) is 0. The zero-order valence-corrected chi connectivity index (χ0v) is 21.9. The Kier molecular flexibility index (Phi) is 7.53. The molecule has 198 valence electrons. The summed E-state index contributed by atoms with van der Waals surface area (Å²) in [6.45, 7) is 6.45. The van der Waals surface area contributed by atoms with E-state index in [0.717, 1.165) is 49.3 Å². The van der Waals surface area contributed by atoms with Crippen LogP contribution in [0.2, 0.25) is 0 Å². The molecule has 0 saturated carbocycles. The lowest BCUT2D eigenvalue weighted by Gasteiger charge is -2.35. The third-order valence-corrected chi connectivity index (χ3v) is 7.36. The maximum atomic E-state index is 14.2. The van der Waals surface area contributed by atoms with Crippen LogP contribution >= 0.6 is 0 Å². The highest BCUT2D eigenvalue weighted by molar-refractivity contribution is 5.94. The molecule has 0 aliphatic carbocycles. The molecule has 1 aliphatic rings. The fourth-order valence-corrected chi connectivity index (χ4v) is 5.65. The zero-order chi connectivity index (χ0) is 26.7. The second-order valence-corrected chi connectivity index (χ2v) is 10.8. The molecule has 0 bridgehead atoms. The number of amides is 1. The summed E-state index contributed by atoms with van der Waals surface area (Å²) in [6, 6.07) is 15.7. The highest BCUT2D eigenvalue weighted by Gasteiger charge is 2.27. The molecule has 0 unspecified atom stereocenters. The molecule has 1 amide bonds. The van der Waals surface area contributed by atoms with E-state index in [1.165, 1.54) is 16.5 Å². The number of benzene rings is 2. The quantitative estimate of drug-likeness (QED) is 0.247. The third kappa shape index (κ3) is 5.76. The minimum atomic E-state index is -1.18. The van der Waals surface area contributed by atoms with Crippen molar-refractivity contribution in [2.24, 2.45) is 5.92 Å². The summed E-state index contributed by atoms with van der Waals surface area (Å²) in [5, 5.41) is 10.1. The van der Waals surface area contributed by atoms with E-state index in [1.807, 2.05) is 24.5 Å². The summed E-state index contributed by atoms with van der Waals surface area (Å²) in [4.78, 5) is 22.7. The largest absolute Gasteiger partial charge is 0.340 e. The number of likely N-dealkylation sites (tertiary alicyclic amines) is 1. The van der Waals surface area contributed by atoms with Crippen molar-refractivity contribution in [1.29, 1.82) is 0 Å². The van der Waals surface area contributed by atoms with Crippen molar-refractivity contribution < 1.29 is 14.4 Å². The Labute approximate surface area is 222 Å². The highest BCUT2D eigenvalue weighted by Crippen LogP contribution is 2.37. The van der Waals surface area contributed by atoms with Gasteiger partial charge in [-0.05, 0) is 75.0 Å². The molecular weight excluding hydrogens is 481 g/mol. The van der Waals surface area contributed by atoms with Gasteiger partial charge in [-0.25, -0.2) is 19.8 Å². The van der Waals surface area contributed by atoms with E-state index in [1.54, 1.807) is 37.8 Å². The third-order valence-electron chi connectivity index (χ3n) is 7.36. The van der Waals surface area contributed by atoms with Crippen molar-refractivity contribution in [2.75, 3.05) is 19.6 Å². The molecule has 0 spiro atoms. The highest BCUT2D eigenvalue weighted by atomic mass is 19.1. The molecule has 2 N–H and O–H groups in total. The number of hydrogen-bond acceptors (Lipinski definition) is 5. The van der Waals surface area contributed by atoms with E-state index >= 15 is 0 Å². The molecule has 4 aromatic rings. The number of carbonyl (C=O) groups is 1. The Bertz CT molecular complexity index is 1390. The predicted molar refractivity (Wildman–Crippen MR) is 146 cm³/mol. The summed E-state index contributed by atoms with van der Waals surface area (Å²) < 4.78 is 16.6. The Morgan fingerprint density at radius 2 is 1.76 bits per heavy atom. The second kappa shape index (κ2) is 11.0. The average Bonchev–Trinajstić information content (AvgIpc) is 3.22. The van der Waals surface area contributed by atoms with Crippen LogP contribution in [0.5, 0.6) is 0 Å². The molecule has 1 aliphatic heterocycles. The number of fused-ring (bicyclic) bond motifs is 1. The van der Waals surface area contributed by atoms with Gasteiger partial charge < -0.3 is 9.47 Å². The van der Waals surface area contributed by atoms with Crippen LogP contribution in [-0.2, 0) is 13.0 Å². The number of hydrogen-bond donors (Lipinski definition) is 2. The number of piperidine rings is 1. The Morgan fingerprint density at radius 1 is 1.08 bits per heavy atom. The minimum Gasteiger partial charge on any atom is -0.340 e. The predicted octanol–water partition coefficient (Wildman–Crippen LogP) is 5.27. The van der Waals surface area contributed by atoms with E-state index < -0.39 is 11.6 Å². The van der Waals surface area contributed by atoms with Crippen molar-refractivity contribution in [3.05, 3.63) is 83.9 Å². The van der Waals surface area contributed by atoms with Gasteiger partial charge in [0.1, 0.15) is 12.0 Å². The van der Waals surface area contributed by atoms with Crippen LogP contribution in [0.4, 0.5) is 4.39 Å². The van der Waals surface area contributed by atoms with E-state index in [-0.39, 0.29) is 0 Å². The fourth-order valence-electron chi connectivity index (χ4n) is 5.65. The number of halogens is 1. The average molecular weight is 516 g/mol. The molecule has 0 radical (unpaired) electrons. The number of carbonyl (C=O) groups excluding carboxylic acids is 1. The van der Waals surface area contributed by atoms with Crippen LogP contribution in [0.15, 0.2) is 67.3 Å². The first-order valence-electron chi connectivity index (χ1n) is 13.1. The van der Waals surface area contributed by atoms with Crippen LogP contribution in [0.3, 0.4) is 0 Å². The Hall–Kier alpha value is -3.62. The van der Waals surface area contributed by atoms with Gasteiger partial charge in [0.25, 0.3) is 5.91 Å². The van der Waals surface area contributed by atoms with Gasteiger partial charge in [-0.1, -0.05) is 30.3 Å². The molecule has 0 atom stereocenters. The topological polar surface area (TPSA) is 83.3 Å². The van der Waals surface area contributed by atoms with Crippen LogP contribution in [0.25, 0.3) is 22.2 Å². The number of hydroxylamine groups is 1. The van der Waals surface area contributed by atoms with Gasteiger partial charge >= 0.3 is 0 Å². The van der Waals surface area contributed by atoms with Gasteiger partial charge in [0.15, 0.2) is 0 Å². The molecule has 2 aromatic heterocycles.